The smallest absolute Gasteiger partial charge is 0.263 e. The van der Waals surface area contributed by atoms with Gasteiger partial charge in [0.15, 0.2) is 0 Å². The molecule has 0 aliphatic rings. The minimum Gasteiger partial charge on any atom is -0.360 e. The lowest BCUT2D eigenvalue weighted by molar-refractivity contribution is -0.117. The number of carbonyl (C=O) groups excluding carboxylic acids is 1. The van der Waals surface area contributed by atoms with Crippen molar-refractivity contribution in [3.63, 3.8) is 0 Å². The Morgan fingerprint density at radius 3 is 2.32 bits per heavy atom. The Morgan fingerprint density at radius 1 is 1.12 bits per heavy atom. The molecular weight excluding hydrogens is 340 g/mol. The third kappa shape index (κ3) is 5.46. The van der Waals surface area contributed by atoms with E-state index in [1.54, 1.807) is 0 Å². The fourth-order valence-electron chi connectivity index (χ4n) is 1.92. The molecule has 0 heterocycles. The molecule has 4 N–H and O–H groups in total. The number of nitriles is 1. The van der Waals surface area contributed by atoms with Crippen LogP contribution in [0.15, 0.2) is 71.3 Å². The number of nitrogens with zero attached hydrogens (tertiary/aromatic N) is 1. The van der Waals surface area contributed by atoms with Crippen molar-refractivity contribution in [2.75, 3.05) is 5.32 Å². The molecule has 2 aromatic carbocycles. The van der Waals surface area contributed by atoms with Gasteiger partial charge in [0, 0.05) is 18.4 Å². The largest absolute Gasteiger partial charge is 0.360 e. The molecule has 0 spiro atoms. The highest BCUT2D eigenvalue weighted by molar-refractivity contribution is 7.89. The first-order valence-corrected chi connectivity index (χ1v) is 8.76. The molecule has 0 saturated carbocycles. The molecule has 0 aliphatic carbocycles. The summed E-state index contributed by atoms with van der Waals surface area (Å²) in [6.45, 7) is 0.307. The van der Waals surface area contributed by atoms with Gasteiger partial charge in [0.05, 0.1) is 4.90 Å². The fraction of sp³-hybridized carbons (Fsp3) is 0.0588. The van der Waals surface area contributed by atoms with E-state index in [4.69, 9.17) is 10.4 Å². The summed E-state index contributed by atoms with van der Waals surface area (Å²) in [4.78, 5) is 12.0. The second-order valence-corrected chi connectivity index (χ2v) is 6.61. The van der Waals surface area contributed by atoms with Gasteiger partial charge in [0.25, 0.3) is 5.91 Å². The van der Waals surface area contributed by atoms with Crippen LogP contribution in [-0.4, -0.2) is 14.3 Å². The van der Waals surface area contributed by atoms with Gasteiger partial charge in [-0.1, -0.05) is 30.3 Å². The summed E-state index contributed by atoms with van der Waals surface area (Å²) in [6.07, 6.45) is 1.26. The van der Waals surface area contributed by atoms with Gasteiger partial charge in [-0.3, -0.25) is 4.79 Å². The van der Waals surface area contributed by atoms with Crippen LogP contribution in [0, 0.1) is 11.3 Å². The van der Waals surface area contributed by atoms with E-state index in [0.717, 1.165) is 5.56 Å². The minimum absolute atomic E-state index is 0.0249. The minimum atomic E-state index is -3.76. The van der Waals surface area contributed by atoms with Crippen LogP contribution in [0.1, 0.15) is 5.56 Å². The third-order valence-electron chi connectivity index (χ3n) is 3.23. The van der Waals surface area contributed by atoms with E-state index in [-0.39, 0.29) is 10.5 Å². The van der Waals surface area contributed by atoms with Crippen LogP contribution in [-0.2, 0) is 21.4 Å². The first-order chi connectivity index (χ1) is 11.9. The Labute approximate surface area is 145 Å². The third-order valence-corrected chi connectivity index (χ3v) is 4.16. The molecule has 0 saturated heterocycles. The molecule has 128 valence electrons. The van der Waals surface area contributed by atoms with Crippen LogP contribution < -0.4 is 15.8 Å². The van der Waals surface area contributed by atoms with Gasteiger partial charge >= 0.3 is 0 Å². The number of nitrogens with one attached hydrogen (secondary N) is 2. The zero-order chi connectivity index (χ0) is 18.3. The number of hydrogen-bond acceptors (Lipinski definition) is 5. The average Bonchev–Trinajstić information content (AvgIpc) is 2.61. The quantitative estimate of drug-likeness (QED) is 0.534. The van der Waals surface area contributed by atoms with Crippen LogP contribution in [0.3, 0.4) is 0 Å². The first-order valence-electron chi connectivity index (χ1n) is 7.22. The summed E-state index contributed by atoms with van der Waals surface area (Å²) in [6, 6.07) is 16.7. The lowest BCUT2D eigenvalue weighted by Gasteiger charge is -2.06. The highest BCUT2D eigenvalue weighted by Crippen LogP contribution is 2.13. The topological polar surface area (TPSA) is 125 Å². The maximum absolute atomic E-state index is 12.0. The summed E-state index contributed by atoms with van der Waals surface area (Å²) in [5, 5.41) is 19.5. The summed E-state index contributed by atoms with van der Waals surface area (Å²) >= 11 is 0. The fourth-order valence-corrected chi connectivity index (χ4v) is 2.43. The number of primary sulfonamides is 1. The van der Waals surface area contributed by atoms with Crippen molar-refractivity contribution >= 4 is 21.6 Å². The van der Waals surface area contributed by atoms with Crippen LogP contribution in [0.2, 0.25) is 0 Å². The molecule has 7 nitrogen and oxygen atoms in total. The molecule has 8 heteroatoms. The van der Waals surface area contributed by atoms with Crippen LogP contribution in [0.5, 0.6) is 0 Å². The van der Waals surface area contributed by atoms with Crippen LogP contribution in [0.25, 0.3) is 0 Å². The normalized spacial score (nSPS) is 11.4. The molecule has 1 amide bonds. The molecule has 0 aliphatic heterocycles. The van der Waals surface area contributed by atoms with Gasteiger partial charge in [-0.15, -0.1) is 0 Å². The zero-order valence-electron chi connectivity index (χ0n) is 13.1. The molecule has 0 atom stereocenters. The van der Waals surface area contributed by atoms with E-state index in [2.05, 4.69) is 10.6 Å². The van der Waals surface area contributed by atoms with Gasteiger partial charge in [-0.25, -0.2) is 13.6 Å². The summed E-state index contributed by atoms with van der Waals surface area (Å²) in [5.41, 5.74) is 1.32. The maximum atomic E-state index is 12.0. The first kappa shape index (κ1) is 18.2. The second-order valence-electron chi connectivity index (χ2n) is 5.05. The number of rotatable bonds is 6. The molecule has 2 rings (SSSR count). The highest BCUT2D eigenvalue weighted by atomic mass is 32.2. The molecule has 0 radical (unpaired) electrons. The Balaban J connectivity index is 2.00. The van der Waals surface area contributed by atoms with E-state index < -0.39 is 15.9 Å². The summed E-state index contributed by atoms with van der Waals surface area (Å²) < 4.78 is 22.4. The maximum Gasteiger partial charge on any atom is 0.263 e. The van der Waals surface area contributed by atoms with Crippen molar-refractivity contribution in [1.82, 2.24) is 5.32 Å². The number of hydrogen-bond donors (Lipinski definition) is 3. The second kappa shape index (κ2) is 8.10. The number of benzene rings is 2. The van der Waals surface area contributed by atoms with Gasteiger partial charge in [0.2, 0.25) is 10.0 Å². The van der Waals surface area contributed by atoms with Crippen LogP contribution in [0.4, 0.5) is 5.69 Å². The van der Waals surface area contributed by atoms with Crippen molar-refractivity contribution in [3.8, 4) is 6.07 Å². The average molecular weight is 356 g/mol. The highest BCUT2D eigenvalue weighted by Gasteiger charge is 2.09. The van der Waals surface area contributed by atoms with Crippen molar-refractivity contribution in [2.45, 2.75) is 11.4 Å². The Hall–Kier alpha value is -3.15. The van der Waals surface area contributed by atoms with Crippen molar-refractivity contribution in [3.05, 3.63) is 71.9 Å². The molecule has 0 bridgehead atoms. The van der Waals surface area contributed by atoms with E-state index in [1.165, 1.54) is 30.5 Å². The zero-order valence-corrected chi connectivity index (χ0v) is 14.0. The molecule has 0 unspecified atom stereocenters. The van der Waals surface area contributed by atoms with Gasteiger partial charge in [-0.2, -0.15) is 5.26 Å². The standard InChI is InChI=1S/C17H16N4O3S/c18-10-14(17(22)21-11-13-4-2-1-3-5-13)12-20-15-6-8-16(9-7-15)25(19,23)24/h1-9,12,20H,11H2,(H,21,22)(H2,19,23,24)/b14-12-. The lowest BCUT2D eigenvalue weighted by atomic mass is 10.2. The summed E-state index contributed by atoms with van der Waals surface area (Å²) in [7, 11) is -3.76. The monoisotopic (exact) mass is 356 g/mol. The Bertz CT molecular complexity index is 915. The SMILES string of the molecule is N#C/C(=C/Nc1ccc(S(N)(=O)=O)cc1)C(=O)NCc1ccccc1. The molecule has 0 fully saturated rings. The van der Waals surface area contributed by atoms with Crippen LogP contribution >= 0.6 is 0 Å². The molecule has 0 aromatic heterocycles. The number of amides is 1. The molecule has 2 aromatic rings. The van der Waals surface area contributed by atoms with Crippen molar-refractivity contribution in [2.24, 2.45) is 5.14 Å². The van der Waals surface area contributed by atoms with Crippen molar-refractivity contribution < 1.29 is 13.2 Å². The number of sulfonamides is 1. The number of carbonyl (C=O) groups is 1. The summed E-state index contributed by atoms with van der Waals surface area (Å²) in [5.74, 6) is -0.514. The number of anilines is 1. The van der Waals surface area contributed by atoms with Gasteiger partial charge in [0.1, 0.15) is 11.6 Å². The predicted octanol–water partition coefficient (Wildman–Crippen LogP) is 1.47. The molecular formula is C17H16N4O3S. The van der Waals surface area contributed by atoms with E-state index in [0.29, 0.717) is 12.2 Å². The van der Waals surface area contributed by atoms with Gasteiger partial charge in [-0.05, 0) is 29.8 Å². The lowest BCUT2D eigenvalue weighted by Crippen LogP contribution is -2.24. The van der Waals surface area contributed by atoms with E-state index >= 15 is 0 Å². The number of nitrogens with two attached hydrogens (primary N) is 1. The van der Waals surface area contributed by atoms with E-state index in [9.17, 15) is 13.2 Å². The van der Waals surface area contributed by atoms with Gasteiger partial charge < -0.3 is 10.6 Å². The van der Waals surface area contributed by atoms with E-state index in [1.807, 2.05) is 36.4 Å². The predicted molar refractivity (Wildman–Crippen MR) is 93.4 cm³/mol. The van der Waals surface area contributed by atoms with Crippen molar-refractivity contribution in [1.29, 1.82) is 5.26 Å². The Morgan fingerprint density at radius 2 is 1.76 bits per heavy atom. The Kier molecular flexibility index (Phi) is 5.89. The molecule has 25 heavy (non-hydrogen) atoms.